The predicted molar refractivity (Wildman–Crippen MR) is 194 cm³/mol. The van der Waals surface area contributed by atoms with Crippen molar-refractivity contribution >= 4 is 0 Å². The van der Waals surface area contributed by atoms with Crippen molar-refractivity contribution in [3.05, 3.63) is 131 Å². The maximum Gasteiger partial charge on any atom is 0.137 e. The van der Waals surface area contributed by atoms with Gasteiger partial charge in [0.15, 0.2) is 0 Å². The number of nitriles is 2. The first kappa shape index (κ1) is 36.9. The summed E-state index contributed by atoms with van der Waals surface area (Å²) in [6.07, 6.45) is 19.7. The number of unbranched alkanes of at least 4 members (excludes halogenated alkanes) is 12. The van der Waals surface area contributed by atoms with Gasteiger partial charge >= 0.3 is 0 Å². The van der Waals surface area contributed by atoms with Gasteiger partial charge in [0.25, 0.3) is 0 Å². The van der Waals surface area contributed by atoms with E-state index in [1.807, 2.05) is 48.5 Å². The third-order valence-electron chi connectivity index (χ3n) is 8.20. The Balaban J connectivity index is 0.000000297. The van der Waals surface area contributed by atoms with Crippen molar-refractivity contribution in [2.45, 2.75) is 96.3 Å². The molecule has 47 heavy (non-hydrogen) atoms. The Morgan fingerprint density at radius 3 is 1.45 bits per heavy atom. The summed E-state index contributed by atoms with van der Waals surface area (Å²) < 4.78 is 11.3. The Bertz CT molecular complexity index is 1420. The molecule has 0 aliphatic heterocycles. The van der Waals surface area contributed by atoms with Crippen molar-refractivity contribution in [1.29, 1.82) is 10.5 Å². The Kier molecular flexibility index (Phi) is 19.4. The molecule has 0 heterocycles. The van der Waals surface area contributed by atoms with Gasteiger partial charge in [-0.05, 0) is 66.8 Å². The van der Waals surface area contributed by atoms with Crippen molar-refractivity contribution in [3.8, 4) is 23.6 Å². The third-order valence-corrected chi connectivity index (χ3v) is 8.20. The van der Waals surface area contributed by atoms with Crippen LogP contribution in [0.4, 0.5) is 0 Å². The van der Waals surface area contributed by atoms with Gasteiger partial charge in [0, 0.05) is 6.42 Å². The summed E-state index contributed by atoms with van der Waals surface area (Å²) >= 11 is 0. The Morgan fingerprint density at radius 1 is 0.404 bits per heavy atom. The molecule has 4 heteroatoms. The Morgan fingerprint density at radius 2 is 0.894 bits per heavy atom. The summed E-state index contributed by atoms with van der Waals surface area (Å²) in [5.74, 6) is 1.52. The molecule has 0 aromatic heterocycles. The highest BCUT2D eigenvalue weighted by atomic mass is 16.5. The van der Waals surface area contributed by atoms with Crippen LogP contribution in [0.25, 0.3) is 0 Å². The van der Waals surface area contributed by atoms with Gasteiger partial charge in [-0.1, -0.05) is 143 Å². The van der Waals surface area contributed by atoms with Crippen molar-refractivity contribution in [3.63, 3.8) is 0 Å². The molecule has 0 amide bonds. The molecule has 0 saturated carbocycles. The van der Waals surface area contributed by atoms with E-state index < -0.39 is 0 Å². The molecule has 0 aliphatic carbocycles. The van der Waals surface area contributed by atoms with Gasteiger partial charge in [0.2, 0.25) is 0 Å². The lowest BCUT2D eigenvalue weighted by molar-refractivity contribution is 0.304. The van der Waals surface area contributed by atoms with E-state index in [0.29, 0.717) is 23.5 Å². The number of benzene rings is 4. The highest BCUT2D eigenvalue weighted by Crippen LogP contribution is 2.17. The van der Waals surface area contributed by atoms with E-state index in [-0.39, 0.29) is 0 Å². The molecule has 0 spiro atoms. The van der Waals surface area contributed by atoms with E-state index in [1.54, 1.807) is 18.2 Å². The minimum absolute atomic E-state index is 0.584. The molecular weight excluding hydrogens is 576 g/mol. The normalized spacial score (nSPS) is 10.3. The van der Waals surface area contributed by atoms with E-state index in [0.717, 1.165) is 25.2 Å². The number of rotatable bonds is 21. The topological polar surface area (TPSA) is 66.0 Å². The zero-order valence-electron chi connectivity index (χ0n) is 28.1. The van der Waals surface area contributed by atoms with Crippen LogP contribution in [0, 0.1) is 22.7 Å². The molecule has 0 unspecified atom stereocenters. The molecule has 0 fully saturated rings. The van der Waals surface area contributed by atoms with Crippen LogP contribution >= 0.6 is 0 Å². The van der Waals surface area contributed by atoms with Crippen LogP contribution in [-0.4, -0.2) is 13.2 Å². The van der Waals surface area contributed by atoms with Gasteiger partial charge in [0.1, 0.15) is 17.6 Å². The van der Waals surface area contributed by atoms with Crippen LogP contribution in [0.1, 0.15) is 106 Å². The number of hydrogen-bond acceptors (Lipinski definition) is 4. The number of hydrogen-bond donors (Lipinski definition) is 0. The lowest BCUT2D eigenvalue weighted by Crippen LogP contribution is -2.02. The molecule has 4 rings (SSSR count). The minimum atomic E-state index is 0.584. The zero-order valence-corrected chi connectivity index (χ0v) is 28.1. The van der Waals surface area contributed by atoms with Crippen molar-refractivity contribution < 1.29 is 9.47 Å². The van der Waals surface area contributed by atoms with Crippen LogP contribution in [0.15, 0.2) is 109 Å². The van der Waals surface area contributed by atoms with Crippen molar-refractivity contribution in [1.82, 2.24) is 0 Å². The lowest BCUT2D eigenvalue weighted by Gasteiger charge is -2.07. The quantitative estimate of drug-likeness (QED) is 0.0861. The smallest absolute Gasteiger partial charge is 0.137 e. The zero-order chi connectivity index (χ0) is 33.0. The molecule has 0 aliphatic rings. The second-order valence-electron chi connectivity index (χ2n) is 12.0. The average molecular weight is 629 g/mol. The molecule has 0 saturated heterocycles. The molecule has 0 bridgehead atoms. The fourth-order valence-electron chi connectivity index (χ4n) is 5.44. The van der Waals surface area contributed by atoms with E-state index in [1.165, 1.54) is 94.6 Å². The van der Waals surface area contributed by atoms with E-state index in [4.69, 9.17) is 20.0 Å². The second kappa shape index (κ2) is 24.7. The number of nitrogens with zero attached hydrogens (tertiary/aromatic N) is 2. The summed E-state index contributed by atoms with van der Waals surface area (Å²) in [6, 6.07) is 39.9. The summed E-state index contributed by atoms with van der Waals surface area (Å²) in [5.41, 5.74) is 3.99. The first-order valence-electron chi connectivity index (χ1n) is 17.6. The lowest BCUT2D eigenvalue weighted by atomic mass is 10.0. The van der Waals surface area contributed by atoms with E-state index in [2.05, 4.69) is 54.6 Å². The number of para-hydroxylation sites is 1. The minimum Gasteiger partial charge on any atom is -0.494 e. The number of aryl methyl sites for hydroxylation is 1. The van der Waals surface area contributed by atoms with Gasteiger partial charge in [-0.3, -0.25) is 0 Å². The van der Waals surface area contributed by atoms with Crippen molar-refractivity contribution in [2.24, 2.45) is 0 Å². The Labute approximate surface area is 284 Å². The van der Waals surface area contributed by atoms with Crippen LogP contribution in [0.2, 0.25) is 0 Å². The molecule has 4 nitrogen and oxygen atoms in total. The standard InChI is InChI=1S/C28H39NO.C15H13NO/c29-25-27-20-22-28(23-21-27)30-24-16-11-9-7-5-3-1-2-4-6-8-10-13-17-26-18-14-12-15-19-26;16-12-14-8-4-5-9-15(14)17-11-10-13-6-2-1-3-7-13/h12,14-15,18-23H,1-11,13,16-17,24H2;1-9H,10-11H2. The van der Waals surface area contributed by atoms with Gasteiger partial charge < -0.3 is 9.47 Å². The summed E-state index contributed by atoms with van der Waals surface area (Å²) in [5, 5.41) is 17.7. The second-order valence-corrected chi connectivity index (χ2v) is 12.0. The number of ether oxygens (including phenoxy) is 2. The molecular formula is C43H52N2O2. The fraction of sp³-hybridized carbons (Fsp3) is 0.395. The Hall–Kier alpha value is -4.54. The SMILES string of the molecule is N#Cc1ccc(OCCCCCCCCCCCCCCCc2ccccc2)cc1.N#Cc1ccccc1OCCc1ccccc1. The predicted octanol–water partition coefficient (Wildman–Crippen LogP) is 11.4. The fourth-order valence-corrected chi connectivity index (χ4v) is 5.44. The average Bonchev–Trinajstić information content (AvgIpc) is 3.13. The first-order valence-corrected chi connectivity index (χ1v) is 17.6. The van der Waals surface area contributed by atoms with Gasteiger partial charge in [-0.2, -0.15) is 10.5 Å². The summed E-state index contributed by atoms with van der Waals surface area (Å²) in [7, 11) is 0. The van der Waals surface area contributed by atoms with Crippen LogP contribution in [-0.2, 0) is 12.8 Å². The maximum atomic E-state index is 8.90. The van der Waals surface area contributed by atoms with E-state index in [9.17, 15) is 0 Å². The third kappa shape index (κ3) is 17.1. The highest BCUT2D eigenvalue weighted by molar-refractivity contribution is 5.42. The molecule has 4 aromatic carbocycles. The summed E-state index contributed by atoms with van der Waals surface area (Å²) in [6.45, 7) is 1.36. The van der Waals surface area contributed by atoms with Crippen LogP contribution < -0.4 is 9.47 Å². The summed E-state index contributed by atoms with van der Waals surface area (Å²) in [4.78, 5) is 0. The highest BCUT2D eigenvalue weighted by Gasteiger charge is 2.01. The molecule has 0 radical (unpaired) electrons. The first-order chi connectivity index (χ1) is 23.3. The molecule has 246 valence electrons. The monoisotopic (exact) mass is 628 g/mol. The van der Waals surface area contributed by atoms with Gasteiger partial charge in [0.05, 0.1) is 30.4 Å². The van der Waals surface area contributed by atoms with E-state index >= 15 is 0 Å². The van der Waals surface area contributed by atoms with Crippen LogP contribution in [0.5, 0.6) is 11.5 Å². The van der Waals surface area contributed by atoms with Gasteiger partial charge in [-0.25, -0.2) is 0 Å². The molecule has 0 N–H and O–H groups in total. The van der Waals surface area contributed by atoms with Crippen molar-refractivity contribution in [2.75, 3.05) is 13.2 Å². The molecule has 0 atom stereocenters. The largest absolute Gasteiger partial charge is 0.494 e. The van der Waals surface area contributed by atoms with Gasteiger partial charge in [-0.15, -0.1) is 0 Å². The molecule has 4 aromatic rings. The maximum absolute atomic E-state index is 8.90. The van der Waals surface area contributed by atoms with Crippen LogP contribution in [0.3, 0.4) is 0 Å².